The lowest BCUT2D eigenvalue weighted by molar-refractivity contribution is 0.138. The predicted octanol–water partition coefficient (Wildman–Crippen LogP) is 2.14. The van der Waals surface area contributed by atoms with Gasteiger partial charge in [-0.15, -0.1) is 13.2 Å². The van der Waals surface area contributed by atoms with Crippen LogP contribution < -0.4 is 0 Å². The molecule has 0 bridgehead atoms. The molecule has 0 saturated heterocycles. The van der Waals surface area contributed by atoms with Crippen molar-refractivity contribution in [3.63, 3.8) is 0 Å². The lowest BCUT2D eigenvalue weighted by Crippen LogP contribution is -2.15. The van der Waals surface area contributed by atoms with Crippen LogP contribution in [0, 0.1) is 5.92 Å². The summed E-state index contributed by atoms with van der Waals surface area (Å²) in [5.41, 5.74) is 1.02. The topological polar surface area (TPSA) is 20.2 Å². The molecule has 0 spiro atoms. The van der Waals surface area contributed by atoms with E-state index in [1.54, 1.807) is 6.08 Å². The quantitative estimate of drug-likeness (QED) is 0.593. The van der Waals surface area contributed by atoms with Crippen molar-refractivity contribution in [1.29, 1.82) is 0 Å². The van der Waals surface area contributed by atoms with Gasteiger partial charge in [0.1, 0.15) is 0 Å². The highest BCUT2D eigenvalue weighted by Crippen LogP contribution is 2.11. The van der Waals surface area contributed by atoms with Gasteiger partial charge in [0.05, 0.1) is 6.10 Å². The van der Waals surface area contributed by atoms with E-state index in [0.29, 0.717) is 6.42 Å². The monoisotopic (exact) mass is 140 g/mol. The Bertz CT molecular complexity index is 127. The number of aliphatic hydroxyl groups excluding tert-OH is 1. The molecule has 0 aromatic rings. The molecule has 0 aliphatic heterocycles. The Hall–Kier alpha value is -0.560. The van der Waals surface area contributed by atoms with Gasteiger partial charge in [0, 0.05) is 0 Å². The van der Waals surface area contributed by atoms with E-state index in [9.17, 15) is 5.11 Å². The van der Waals surface area contributed by atoms with Crippen LogP contribution in [0.4, 0.5) is 0 Å². The summed E-state index contributed by atoms with van der Waals surface area (Å²) in [6.07, 6.45) is 2.12. The first kappa shape index (κ1) is 9.44. The molecular formula is C9H16O. The molecular weight excluding hydrogens is 124 g/mol. The normalized spacial score (nSPS) is 15.9. The number of hydrogen-bond donors (Lipinski definition) is 1. The van der Waals surface area contributed by atoms with Crippen molar-refractivity contribution in [3.05, 3.63) is 24.8 Å². The molecule has 1 nitrogen and oxygen atoms in total. The summed E-state index contributed by atoms with van der Waals surface area (Å²) in [7, 11) is 0. The van der Waals surface area contributed by atoms with Gasteiger partial charge in [-0.2, -0.15) is 0 Å². The molecule has 0 heterocycles. The molecule has 0 amide bonds. The first-order chi connectivity index (χ1) is 4.57. The van der Waals surface area contributed by atoms with Gasteiger partial charge in [0.15, 0.2) is 0 Å². The fourth-order valence-corrected chi connectivity index (χ4v) is 0.700. The molecule has 2 unspecified atom stereocenters. The Morgan fingerprint density at radius 1 is 1.70 bits per heavy atom. The van der Waals surface area contributed by atoms with Crippen LogP contribution in [-0.4, -0.2) is 11.2 Å². The van der Waals surface area contributed by atoms with Crippen LogP contribution in [0.5, 0.6) is 0 Å². The van der Waals surface area contributed by atoms with Gasteiger partial charge in [-0.05, 0) is 19.3 Å². The number of aliphatic hydroxyl groups is 1. The van der Waals surface area contributed by atoms with Gasteiger partial charge in [-0.1, -0.05) is 18.6 Å². The fourth-order valence-electron chi connectivity index (χ4n) is 0.700. The van der Waals surface area contributed by atoms with Gasteiger partial charge >= 0.3 is 0 Å². The second-order valence-electron chi connectivity index (χ2n) is 2.82. The van der Waals surface area contributed by atoms with Crippen LogP contribution in [0.15, 0.2) is 24.8 Å². The van der Waals surface area contributed by atoms with Crippen LogP contribution in [0.25, 0.3) is 0 Å². The Labute approximate surface area is 63.1 Å². The van der Waals surface area contributed by atoms with Crippen LogP contribution in [0.3, 0.4) is 0 Å². The maximum Gasteiger partial charge on any atom is 0.0636 e. The molecule has 0 saturated carbocycles. The predicted molar refractivity (Wildman–Crippen MR) is 44.8 cm³/mol. The van der Waals surface area contributed by atoms with E-state index in [-0.39, 0.29) is 12.0 Å². The van der Waals surface area contributed by atoms with Crippen molar-refractivity contribution in [2.75, 3.05) is 0 Å². The van der Waals surface area contributed by atoms with Gasteiger partial charge in [-0.3, -0.25) is 0 Å². The van der Waals surface area contributed by atoms with Crippen LogP contribution in [-0.2, 0) is 0 Å². The molecule has 1 heteroatoms. The minimum atomic E-state index is -0.310. The largest absolute Gasteiger partial charge is 0.392 e. The van der Waals surface area contributed by atoms with Crippen LogP contribution >= 0.6 is 0 Å². The van der Waals surface area contributed by atoms with Crippen LogP contribution in [0.1, 0.15) is 20.3 Å². The standard InChI is InChI=1S/C9H16O/c1-5-8(4)9(10)6-7(2)3/h5,8-10H,1-2,6H2,3-4H3. The van der Waals surface area contributed by atoms with E-state index in [4.69, 9.17) is 0 Å². The highest BCUT2D eigenvalue weighted by molar-refractivity contribution is 4.94. The average molecular weight is 140 g/mol. The maximum absolute atomic E-state index is 9.36. The first-order valence-electron chi connectivity index (χ1n) is 3.53. The molecule has 0 rings (SSSR count). The van der Waals surface area contributed by atoms with E-state index >= 15 is 0 Å². The molecule has 10 heavy (non-hydrogen) atoms. The minimum Gasteiger partial charge on any atom is -0.392 e. The summed E-state index contributed by atoms with van der Waals surface area (Å²) in [6, 6.07) is 0. The van der Waals surface area contributed by atoms with E-state index in [0.717, 1.165) is 5.57 Å². The second-order valence-corrected chi connectivity index (χ2v) is 2.82. The minimum absolute atomic E-state index is 0.164. The Balaban J connectivity index is 3.71. The fraction of sp³-hybridized carbons (Fsp3) is 0.556. The van der Waals surface area contributed by atoms with Crippen molar-refractivity contribution in [2.45, 2.75) is 26.4 Å². The van der Waals surface area contributed by atoms with E-state index < -0.39 is 0 Å². The number of hydrogen-bond acceptors (Lipinski definition) is 1. The summed E-state index contributed by atoms with van der Waals surface area (Å²) in [5.74, 6) is 0.164. The van der Waals surface area contributed by atoms with E-state index in [2.05, 4.69) is 13.2 Å². The molecule has 0 aromatic heterocycles. The summed E-state index contributed by atoms with van der Waals surface area (Å²) in [5, 5.41) is 9.36. The Morgan fingerprint density at radius 3 is 2.50 bits per heavy atom. The van der Waals surface area contributed by atoms with Gasteiger partial charge in [-0.25, -0.2) is 0 Å². The summed E-state index contributed by atoms with van der Waals surface area (Å²) in [6.45, 7) is 11.2. The molecule has 2 atom stereocenters. The Kier molecular flexibility index (Phi) is 4.05. The molecule has 0 aliphatic rings. The zero-order valence-electron chi connectivity index (χ0n) is 6.80. The molecule has 58 valence electrons. The third-order valence-corrected chi connectivity index (χ3v) is 1.54. The maximum atomic E-state index is 9.36. The number of rotatable bonds is 4. The third kappa shape index (κ3) is 3.46. The van der Waals surface area contributed by atoms with Gasteiger partial charge < -0.3 is 5.11 Å². The Morgan fingerprint density at radius 2 is 2.20 bits per heavy atom. The lowest BCUT2D eigenvalue weighted by Gasteiger charge is -2.14. The van der Waals surface area contributed by atoms with Crippen molar-refractivity contribution < 1.29 is 5.11 Å². The van der Waals surface area contributed by atoms with Gasteiger partial charge in [0.2, 0.25) is 0 Å². The summed E-state index contributed by atoms with van der Waals surface area (Å²) < 4.78 is 0. The third-order valence-electron chi connectivity index (χ3n) is 1.54. The molecule has 0 radical (unpaired) electrons. The molecule has 0 aliphatic carbocycles. The lowest BCUT2D eigenvalue weighted by atomic mass is 9.99. The van der Waals surface area contributed by atoms with Crippen molar-refractivity contribution in [2.24, 2.45) is 5.92 Å². The smallest absolute Gasteiger partial charge is 0.0636 e. The highest BCUT2D eigenvalue weighted by atomic mass is 16.3. The average Bonchev–Trinajstić information content (AvgIpc) is 1.85. The van der Waals surface area contributed by atoms with E-state index in [1.165, 1.54) is 0 Å². The zero-order chi connectivity index (χ0) is 8.15. The highest BCUT2D eigenvalue weighted by Gasteiger charge is 2.09. The summed E-state index contributed by atoms with van der Waals surface area (Å²) in [4.78, 5) is 0. The van der Waals surface area contributed by atoms with Crippen molar-refractivity contribution in [1.82, 2.24) is 0 Å². The van der Waals surface area contributed by atoms with Crippen molar-refractivity contribution >= 4 is 0 Å². The summed E-state index contributed by atoms with van der Waals surface area (Å²) >= 11 is 0. The van der Waals surface area contributed by atoms with Crippen molar-refractivity contribution in [3.8, 4) is 0 Å². The van der Waals surface area contributed by atoms with E-state index in [1.807, 2.05) is 13.8 Å². The second kappa shape index (κ2) is 4.29. The SMILES string of the molecule is C=CC(C)C(O)CC(=C)C. The molecule has 0 aromatic carbocycles. The molecule has 1 N–H and O–H groups in total. The molecule has 0 fully saturated rings. The first-order valence-corrected chi connectivity index (χ1v) is 3.53. The van der Waals surface area contributed by atoms with Gasteiger partial charge in [0.25, 0.3) is 0 Å². The zero-order valence-corrected chi connectivity index (χ0v) is 6.80. The van der Waals surface area contributed by atoms with Crippen LogP contribution in [0.2, 0.25) is 0 Å².